The Morgan fingerprint density at radius 2 is 1.92 bits per heavy atom. The number of aliphatic hydroxyl groups excluding tert-OH is 1. The lowest BCUT2D eigenvalue weighted by Gasteiger charge is -2.12. The molecule has 0 saturated heterocycles. The van der Waals surface area contributed by atoms with Gasteiger partial charge in [0.15, 0.2) is 0 Å². The summed E-state index contributed by atoms with van der Waals surface area (Å²) in [7, 11) is 0. The molecule has 2 rings (SSSR count). The fourth-order valence-corrected chi connectivity index (χ4v) is 2.38. The number of esters is 1. The largest absolute Gasteiger partial charge is 0.457 e. The molecule has 7 nitrogen and oxygen atoms in total. The smallest absolute Gasteiger partial charge is 0.340 e. The number of anilines is 1. The Morgan fingerprint density at radius 3 is 2.50 bits per heavy atom. The molecule has 0 aliphatic heterocycles. The van der Waals surface area contributed by atoms with Gasteiger partial charge in [-0.3, -0.25) is 10.1 Å². The molecule has 138 valence electrons. The highest BCUT2D eigenvalue weighted by molar-refractivity contribution is 5.96. The van der Waals surface area contributed by atoms with Crippen LogP contribution < -0.4 is 5.32 Å². The zero-order valence-corrected chi connectivity index (χ0v) is 14.8. The van der Waals surface area contributed by atoms with E-state index in [1.807, 2.05) is 24.3 Å². The van der Waals surface area contributed by atoms with Gasteiger partial charge in [0.1, 0.15) is 6.61 Å². The fraction of sp³-hybridized carbons (Fsp3) is 0.316. The van der Waals surface area contributed by atoms with Crippen LogP contribution in [0.25, 0.3) is 0 Å². The minimum absolute atomic E-state index is 0.0615. The van der Waals surface area contributed by atoms with Gasteiger partial charge in [-0.1, -0.05) is 38.1 Å². The van der Waals surface area contributed by atoms with Crippen LogP contribution in [0.2, 0.25) is 0 Å². The number of nitro benzene ring substituents is 1. The van der Waals surface area contributed by atoms with Crippen molar-refractivity contribution in [3.05, 3.63) is 69.3 Å². The minimum Gasteiger partial charge on any atom is -0.457 e. The number of carbonyl (C=O) groups excluding carboxylic acids is 1. The van der Waals surface area contributed by atoms with Crippen LogP contribution in [-0.2, 0) is 11.3 Å². The summed E-state index contributed by atoms with van der Waals surface area (Å²) in [5.41, 5.74) is 2.26. The average Bonchev–Trinajstić information content (AvgIpc) is 2.64. The molecule has 2 N–H and O–H groups in total. The molecule has 0 heterocycles. The number of benzene rings is 2. The van der Waals surface area contributed by atoms with Crippen LogP contribution in [0, 0.1) is 10.1 Å². The normalized spacial score (nSPS) is 10.6. The second kappa shape index (κ2) is 8.96. The van der Waals surface area contributed by atoms with E-state index in [-0.39, 0.29) is 31.0 Å². The van der Waals surface area contributed by atoms with Crippen molar-refractivity contribution >= 4 is 17.3 Å². The first-order valence-corrected chi connectivity index (χ1v) is 8.31. The van der Waals surface area contributed by atoms with E-state index >= 15 is 0 Å². The van der Waals surface area contributed by atoms with E-state index in [2.05, 4.69) is 19.2 Å². The number of rotatable bonds is 8. The summed E-state index contributed by atoms with van der Waals surface area (Å²) in [6.07, 6.45) is 0. The van der Waals surface area contributed by atoms with Gasteiger partial charge in [-0.25, -0.2) is 4.79 Å². The summed E-state index contributed by atoms with van der Waals surface area (Å²) in [4.78, 5) is 22.8. The summed E-state index contributed by atoms with van der Waals surface area (Å²) >= 11 is 0. The van der Waals surface area contributed by atoms with Crippen LogP contribution >= 0.6 is 0 Å². The molecule has 0 atom stereocenters. The van der Waals surface area contributed by atoms with Crippen molar-refractivity contribution in [3.63, 3.8) is 0 Å². The molecular weight excluding hydrogens is 336 g/mol. The third kappa shape index (κ3) is 5.03. The van der Waals surface area contributed by atoms with Gasteiger partial charge in [0.25, 0.3) is 5.69 Å². The van der Waals surface area contributed by atoms with Crippen LogP contribution in [0.5, 0.6) is 0 Å². The number of ether oxygens (including phenoxy) is 1. The Bertz CT molecular complexity index is 772. The summed E-state index contributed by atoms with van der Waals surface area (Å²) in [6.45, 7) is 4.35. The van der Waals surface area contributed by atoms with Crippen LogP contribution in [0.1, 0.15) is 41.3 Å². The molecule has 0 aliphatic carbocycles. The fourth-order valence-electron chi connectivity index (χ4n) is 2.38. The van der Waals surface area contributed by atoms with Crippen molar-refractivity contribution in [3.8, 4) is 0 Å². The molecule has 0 amide bonds. The number of non-ortho nitro benzene ring substituents is 1. The summed E-state index contributed by atoms with van der Waals surface area (Å²) in [5.74, 6) is -0.251. The number of nitro groups is 1. The number of nitrogens with zero attached hydrogens (tertiary/aromatic N) is 1. The van der Waals surface area contributed by atoms with E-state index in [4.69, 9.17) is 9.84 Å². The maximum absolute atomic E-state index is 12.4. The molecule has 2 aromatic carbocycles. The van der Waals surface area contributed by atoms with Gasteiger partial charge >= 0.3 is 5.97 Å². The maximum Gasteiger partial charge on any atom is 0.340 e. The Morgan fingerprint density at radius 1 is 1.23 bits per heavy atom. The van der Waals surface area contributed by atoms with Gasteiger partial charge in [-0.2, -0.15) is 0 Å². The predicted molar refractivity (Wildman–Crippen MR) is 98.3 cm³/mol. The third-order valence-electron chi connectivity index (χ3n) is 3.88. The van der Waals surface area contributed by atoms with Crippen molar-refractivity contribution in [1.82, 2.24) is 0 Å². The molecule has 0 unspecified atom stereocenters. The molecule has 0 fully saturated rings. The van der Waals surface area contributed by atoms with Crippen molar-refractivity contribution in [2.24, 2.45) is 0 Å². The molecule has 0 aliphatic rings. The Labute approximate surface area is 151 Å². The highest BCUT2D eigenvalue weighted by Crippen LogP contribution is 2.23. The molecule has 7 heteroatoms. The molecule has 0 aromatic heterocycles. The van der Waals surface area contributed by atoms with Gasteiger partial charge < -0.3 is 15.2 Å². The highest BCUT2D eigenvalue weighted by Gasteiger charge is 2.18. The van der Waals surface area contributed by atoms with Crippen LogP contribution in [0.15, 0.2) is 42.5 Å². The van der Waals surface area contributed by atoms with Crippen LogP contribution in [0.3, 0.4) is 0 Å². The Kier molecular flexibility index (Phi) is 6.68. The summed E-state index contributed by atoms with van der Waals surface area (Å²) < 4.78 is 5.31. The van der Waals surface area contributed by atoms with Gasteiger partial charge in [-0.05, 0) is 23.1 Å². The Balaban J connectivity index is 2.13. The minimum atomic E-state index is -0.665. The second-order valence-corrected chi connectivity index (χ2v) is 6.11. The molecule has 0 radical (unpaired) electrons. The topological polar surface area (TPSA) is 102 Å². The van der Waals surface area contributed by atoms with Gasteiger partial charge in [0, 0.05) is 24.4 Å². The Hall–Kier alpha value is -2.93. The first-order chi connectivity index (χ1) is 12.4. The molecule has 2 aromatic rings. The first-order valence-electron chi connectivity index (χ1n) is 8.31. The van der Waals surface area contributed by atoms with Crippen LogP contribution in [-0.4, -0.2) is 29.2 Å². The third-order valence-corrected chi connectivity index (χ3v) is 3.88. The van der Waals surface area contributed by atoms with E-state index in [1.165, 1.54) is 23.8 Å². The quantitative estimate of drug-likeness (QED) is 0.425. The van der Waals surface area contributed by atoms with E-state index in [9.17, 15) is 14.9 Å². The number of nitrogens with one attached hydrogen (secondary N) is 1. The summed E-state index contributed by atoms with van der Waals surface area (Å²) in [6, 6.07) is 11.6. The molecule has 0 saturated carbocycles. The van der Waals surface area contributed by atoms with E-state index < -0.39 is 10.9 Å². The van der Waals surface area contributed by atoms with Crippen LogP contribution in [0.4, 0.5) is 11.4 Å². The standard InChI is InChI=1S/C19H22N2O5/c1-13(2)15-5-3-14(4-6-15)12-26-19(23)17-11-16(21(24)25)7-8-18(17)20-9-10-22/h3-8,11,13,20,22H,9-10,12H2,1-2H3. The average molecular weight is 358 g/mol. The first kappa shape index (κ1) is 19.4. The number of hydrogen-bond donors (Lipinski definition) is 2. The lowest BCUT2D eigenvalue weighted by atomic mass is 10.0. The van der Waals surface area contributed by atoms with E-state index in [0.29, 0.717) is 11.6 Å². The highest BCUT2D eigenvalue weighted by atomic mass is 16.6. The number of aliphatic hydroxyl groups is 1. The molecule has 0 spiro atoms. The van der Waals surface area contributed by atoms with E-state index in [0.717, 1.165) is 5.56 Å². The SMILES string of the molecule is CC(C)c1ccc(COC(=O)c2cc([N+](=O)[O-])ccc2NCCO)cc1. The van der Waals surface area contributed by atoms with E-state index in [1.54, 1.807) is 0 Å². The summed E-state index contributed by atoms with van der Waals surface area (Å²) in [5, 5.41) is 22.7. The second-order valence-electron chi connectivity index (χ2n) is 6.11. The van der Waals surface area contributed by atoms with Crippen molar-refractivity contribution in [2.75, 3.05) is 18.5 Å². The predicted octanol–water partition coefficient (Wildman–Crippen LogP) is 3.48. The van der Waals surface area contributed by atoms with Gasteiger partial charge in [0.2, 0.25) is 0 Å². The maximum atomic E-state index is 12.4. The zero-order chi connectivity index (χ0) is 19.1. The lowest BCUT2D eigenvalue weighted by Crippen LogP contribution is -2.13. The monoisotopic (exact) mass is 358 g/mol. The molecular formula is C19H22N2O5. The van der Waals surface area contributed by atoms with Gasteiger partial charge in [0.05, 0.1) is 17.1 Å². The van der Waals surface area contributed by atoms with Crippen molar-refractivity contribution < 1.29 is 19.6 Å². The number of hydrogen-bond acceptors (Lipinski definition) is 6. The molecule has 0 bridgehead atoms. The van der Waals surface area contributed by atoms with Crippen molar-refractivity contribution in [2.45, 2.75) is 26.4 Å². The van der Waals surface area contributed by atoms with Gasteiger partial charge in [-0.15, -0.1) is 0 Å². The zero-order valence-electron chi connectivity index (χ0n) is 14.8. The lowest BCUT2D eigenvalue weighted by molar-refractivity contribution is -0.384. The van der Waals surface area contributed by atoms with Crippen molar-refractivity contribution in [1.29, 1.82) is 0 Å². The molecule has 26 heavy (non-hydrogen) atoms. The number of carbonyl (C=O) groups is 1.